The number of rotatable bonds is 1. The van der Waals surface area contributed by atoms with Crippen LogP contribution in [0.5, 0.6) is 0 Å². The van der Waals surface area contributed by atoms with Gasteiger partial charge >= 0.3 is 0 Å². The van der Waals surface area contributed by atoms with E-state index < -0.39 is 29.1 Å². The molecular formula is C8H8F3N5. The molecule has 0 saturated carbocycles. The summed E-state index contributed by atoms with van der Waals surface area (Å²) in [5, 5.41) is 0. The van der Waals surface area contributed by atoms with Crippen LogP contribution in [0.4, 0.5) is 18.9 Å². The Labute approximate surface area is 88.5 Å². The summed E-state index contributed by atoms with van der Waals surface area (Å²) in [4.78, 5) is 6.65. The molecule has 8 heteroatoms. The number of hydrogen-bond acceptors (Lipinski definition) is 1. The third-order valence-corrected chi connectivity index (χ3v) is 1.47. The van der Waals surface area contributed by atoms with Crippen LogP contribution in [0, 0.1) is 17.5 Å². The summed E-state index contributed by atoms with van der Waals surface area (Å²) < 4.78 is 38.3. The van der Waals surface area contributed by atoms with Crippen LogP contribution in [-0.2, 0) is 0 Å². The quantitative estimate of drug-likeness (QED) is 0.368. The number of nitrogens with zero attached hydrogens (tertiary/aromatic N) is 2. The monoisotopic (exact) mass is 231 g/mol. The summed E-state index contributed by atoms with van der Waals surface area (Å²) in [7, 11) is 0. The summed E-state index contributed by atoms with van der Waals surface area (Å²) in [5.41, 5.74) is 14.6. The molecule has 1 rings (SSSR count). The van der Waals surface area contributed by atoms with Gasteiger partial charge in [-0.05, 0) is 0 Å². The lowest BCUT2D eigenvalue weighted by atomic mass is 10.3. The van der Waals surface area contributed by atoms with Crippen LogP contribution in [0.3, 0.4) is 0 Å². The molecule has 0 saturated heterocycles. The van der Waals surface area contributed by atoms with Gasteiger partial charge < -0.3 is 17.2 Å². The number of nitrogens with two attached hydrogens (primary N) is 3. The summed E-state index contributed by atoms with van der Waals surface area (Å²) in [6.45, 7) is 0. The van der Waals surface area contributed by atoms with Crippen LogP contribution in [0.2, 0.25) is 0 Å². The van der Waals surface area contributed by atoms with Gasteiger partial charge in [0.1, 0.15) is 5.69 Å². The molecule has 0 unspecified atom stereocenters. The molecule has 1 aromatic rings. The van der Waals surface area contributed by atoms with Gasteiger partial charge in [0, 0.05) is 12.1 Å². The first kappa shape index (κ1) is 11.8. The summed E-state index contributed by atoms with van der Waals surface area (Å²) in [6.07, 6.45) is 0. The first-order chi connectivity index (χ1) is 7.40. The number of hydrogen-bond donors (Lipinski definition) is 3. The fourth-order valence-corrected chi connectivity index (χ4v) is 0.878. The second-order valence-corrected chi connectivity index (χ2v) is 2.72. The van der Waals surface area contributed by atoms with Crippen LogP contribution in [-0.4, -0.2) is 11.9 Å². The highest BCUT2D eigenvalue weighted by atomic mass is 19.2. The van der Waals surface area contributed by atoms with E-state index in [-0.39, 0.29) is 5.96 Å². The molecule has 0 aliphatic carbocycles. The molecule has 0 aromatic heterocycles. The Morgan fingerprint density at radius 3 is 2.06 bits per heavy atom. The lowest BCUT2D eigenvalue weighted by Gasteiger charge is -1.99. The molecule has 0 aliphatic heterocycles. The molecule has 6 N–H and O–H groups in total. The predicted molar refractivity (Wildman–Crippen MR) is 53.4 cm³/mol. The van der Waals surface area contributed by atoms with Crippen LogP contribution in [0.15, 0.2) is 22.1 Å². The second-order valence-electron chi connectivity index (χ2n) is 2.72. The molecule has 0 amide bonds. The molecule has 0 heterocycles. The van der Waals surface area contributed by atoms with Crippen LogP contribution < -0.4 is 17.2 Å². The SMILES string of the molecule is NC(N)=NC(N)=Nc1cc(F)c(F)cc1F. The lowest BCUT2D eigenvalue weighted by molar-refractivity contribution is 0.496. The normalized spacial score (nSPS) is 11.3. The van der Waals surface area contributed by atoms with Crippen molar-refractivity contribution in [3.63, 3.8) is 0 Å². The molecule has 0 aliphatic rings. The highest BCUT2D eigenvalue weighted by Gasteiger charge is 2.09. The Hall–Kier alpha value is -2.25. The highest BCUT2D eigenvalue weighted by molar-refractivity contribution is 5.93. The van der Waals surface area contributed by atoms with Crippen molar-refractivity contribution < 1.29 is 13.2 Å². The average Bonchev–Trinajstić information content (AvgIpc) is 2.12. The van der Waals surface area contributed by atoms with Crippen LogP contribution in [0.1, 0.15) is 0 Å². The van der Waals surface area contributed by atoms with Gasteiger partial charge in [-0.2, -0.15) is 4.99 Å². The van der Waals surface area contributed by atoms with Crippen molar-refractivity contribution in [1.29, 1.82) is 0 Å². The minimum atomic E-state index is -1.32. The molecule has 0 fully saturated rings. The van der Waals surface area contributed by atoms with Crippen molar-refractivity contribution in [3.8, 4) is 0 Å². The van der Waals surface area contributed by atoms with Crippen LogP contribution in [0.25, 0.3) is 0 Å². The van der Waals surface area contributed by atoms with E-state index in [1.165, 1.54) is 0 Å². The van der Waals surface area contributed by atoms with E-state index in [9.17, 15) is 13.2 Å². The molecule has 16 heavy (non-hydrogen) atoms. The summed E-state index contributed by atoms with van der Waals surface area (Å²) in [6, 6.07) is 0.886. The van der Waals surface area contributed by atoms with E-state index in [1.807, 2.05) is 0 Å². The second kappa shape index (κ2) is 4.51. The molecule has 0 atom stereocenters. The van der Waals surface area contributed by atoms with Gasteiger partial charge in [-0.1, -0.05) is 0 Å². The Morgan fingerprint density at radius 1 is 0.938 bits per heavy atom. The van der Waals surface area contributed by atoms with Crippen molar-refractivity contribution in [2.24, 2.45) is 27.2 Å². The van der Waals surface area contributed by atoms with E-state index in [0.29, 0.717) is 12.1 Å². The summed E-state index contributed by atoms with van der Waals surface area (Å²) in [5.74, 6) is -4.50. The first-order valence-electron chi connectivity index (χ1n) is 3.98. The van der Waals surface area contributed by atoms with Gasteiger partial charge in [0.05, 0.1) is 0 Å². The van der Waals surface area contributed by atoms with Crippen molar-refractivity contribution in [2.75, 3.05) is 0 Å². The number of guanidine groups is 2. The van der Waals surface area contributed by atoms with E-state index in [2.05, 4.69) is 9.98 Å². The Bertz CT molecular complexity index is 465. The highest BCUT2D eigenvalue weighted by Crippen LogP contribution is 2.21. The fraction of sp³-hybridized carbons (Fsp3) is 0. The fourth-order valence-electron chi connectivity index (χ4n) is 0.878. The molecule has 86 valence electrons. The van der Waals surface area contributed by atoms with Crippen molar-refractivity contribution in [1.82, 2.24) is 0 Å². The zero-order chi connectivity index (χ0) is 12.3. The van der Waals surface area contributed by atoms with Gasteiger partial charge in [0.15, 0.2) is 23.4 Å². The van der Waals surface area contributed by atoms with Gasteiger partial charge in [0.2, 0.25) is 5.96 Å². The van der Waals surface area contributed by atoms with Crippen LogP contribution >= 0.6 is 0 Å². The third-order valence-electron chi connectivity index (χ3n) is 1.47. The zero-order valence-corrected chi connectivity index (χ0v) is 7.92. The van der Waals surface area contributed by atoms with E-state index in [4.69, 9.17) is 17.2 Å². The van der Waals surface area contributed by atoms with E-state index in [1.54, 1.807) is 0 Å². The average molecular weight is 231 g/mol. The maximum absolute atomic E-state index is 13.0. The van der Waals surface area contributed by atoms with Gasteiger partial charge in [-0.25, -0.2) is 18.2 Å². The molecule has 1 aromatic carbocycles. The topological polar surface area (TPSA) is 103 Å². The third kappa shape index (κ3) is 2.87. The van der Waals surface area contributed by atoms with Crippen molar-refractivity contribution in [3.05, 3.63) is 29.6 Å². The Balaban J connectivity index is 3.15. The van der Waals surface area contributed by atoms with Crippen molar-refractivity contribution in [2.45, 2.75) is 0 Å². The van der Waals surface area contributed by atoms with Crippen molar-refractivity contribution >= 4 is 17.6 Å². The largest absolute Gasteiger partial charge is 0.370 e. The van der Waals surface area contributed by atoms with Gasteiger partial charge in [-0.15, -0.1) is 0 Å². The van der Waals surface area contributed by atoms with Gasteiger partial charge in [0.25, 0.3) is 0 Å². The smallest absolute Gasteiger partial charge is 0.223 e. The summed E-state index contributed by atoms with van der Waals surface area (Å²) >= 11 is 0. The predicted octanol–water partition coefficient (Wildman–Crippen LogP) is 0.324. The number of halogens is 3. The Kier molecular flexibility index (Phi) is 3.33. The molecule has 0 bridgehead atoms. The standard InChI is InChI=1S/C8H8F3N5/c9-3-1-5(11)6(2-4(3)10)15-8(14)16-7(12)13/h1-2H,(H6,12,13,14,15,16). The lowest BCUT2D eigenvalue weighted by Crippen LogP contribution is -2.26. The number of aliphatic imine (C=N–C) groups is 2. The van der Waals surface area contributed by atoms with E-state index >= 15 is 0 Å². The Morgan fingerprint density at radius 2 is 1.50 bits per heavy atom. The molecular weight excluding hydrogens is 223 g/mol. The minimum absolute atomic E-state index is 0.344. The first-order valence-corrected chi connectivity index (χ1v) is 3.98. The minimum Gasteiger partial charge on any atom is -0.370 e. The zero-order valence-electron chi connectivity index (χ0n) is 7.92. The maximum atomic E-state index is 13.0. The van der Waals surface area contributed by atoms with Gasteiger partial charge in [-0.3, -0.25) is 0 Å². The van der Waals surface area contributed by atoms with E-state index in [0.717, 1.165) is 0 Å². The maximum Gasteiger partial charge on any atom is 0.223 e. The number of benzene rings is 1. The molecule has 0 radical (unpaired) electrons. The molecule has 0 spiro atoms. The molecule has 5 nitrogen and oxygen atoms in total.